The first-order chi connectivity index (χ1) is 14.6. The molecule has 1 saturated heterocycles. The van der Waals surface area contributed by atoms with Gasteiger partial charge in [0.2, 0.25) is 0 Å². The Balaban J connectivity index is 1.93. The predicted molar refractivity (Wildman–Crippen MR) is 104 cm³/mol. The Labute approximate surface area is 173 Å². The fourth-order valence-corrected chi connectivity index (χ4v) is 4.33. The van der Waals surface area contributed by atoms with Crippen LogP contribution in [-0.4, -0.2) is 48.8 Å². The van der Waals surface area contributed by atoms with Crippen LogP contribution in [0, 0.1) is 18.7 Å². The van der Waals surface area contributed by atoms with E-state index in [-0.39, 0.29) is 53.6 Å². The molecule has 3 N–H and O–H groups in total. The van der Waals surface area contributed by atoms with Crippen LogP contribution < -0.4 is 26.6 Å². The van der Waals surface area contributed by atoms with Crippen LogP contribution in [0.25, 0.3) is 10.9 Å². The van der Waals surface area contributed by atoms with Gasteiger partial charge in [0, 0.05) is 30.6 Å². The molecule has 2 unspecified atom stereocenters. The summed E-state index contributed by atoms with van der Waals surface area (Å²) in [6, 6.07) is -0.171. The number of H-pyrrole nitrogens is 1. The molecular formula is C19H22F4N4O4. The van der Waals surface area contributed by atoms with Gasteiger partial charge in [0.1, 0.15) is 11.2 Å². The Morgan fingerprint density at radius 2 is 1.90 bits per heavy atom. The SMILES string of the molecule is COc1c(N2CC(CN)C(OC(F)(F)F)C2)c(F)c(C)c2c(=O)[nH]c(=O)n(C3CC3)c12. The van der Waals surface area contributed by atoms with E-state index in [1.54, 1.807) is 0 Å². The first kappa shape index (κ1) is 21.6. The Morgan fingerprint density at radius 3 is 2.45 bits per heavy atom. The highest BCUT2D eigenvalue weighted by molar-refractivity contribution is 5.93. The van der Waals surface area contributed by atoms with Crippen molar-refractivity contribution in [1.82, 2.24) is 9.55 Å². The number of hydrogen-bond donors (Lipinski definition) is 2. The first-order valence-electron chi connectivity index (χ1n) is 9.81. The van der Waals surface area contributed by atoms with Crippen molar-refractivity contribution in [2.75, 3.05) is 31.6 Å². The maximum atomic E-state index is 15.5. The minimum atomic E-state index is -4.87. The van der Waals surface area contributed by atoms with Gasteiger partial charge in [-0.2, -0.15) is 0 Å². The molecular weight excluding hydrogens is 424 g/mol. The first-order valence-corrected chi connectivity index (χ1v) is 9.81. The highest BCUT2D eigenvalue weighted by Gasteiger charge is 2.43. The molecule has 1 aliphatic heterocycles. The minimum absolute atomic E-state index is 0.00761. The number of nitrogens with one attached hydrogen (secondary N) is 1. The van der Waals surface area contributed by atoms with Crippen molar-refractivity contribution in [2.24, 2.45) is 11.7 Å². The molecule has 0 bridgehead atoms. The topological polar surface area (TPSA) is 103 Å². The number of hydrogen-bond acceptors (Lipinski definition) is 6. The lowest BCUT2D eigenvalue weighted by molar-refractivity contribution is -0.343. The van der Waals surface area contributed by atoms with E-state index < -0.39 is 35.5 Å². The largest absolute Gasteiger partial charge is 0.522 e. The fraction of sp³-hybridized carbons (Fsp3) is 0.579. The van der Waals surface area contributed by atoms with Gasteiger partial charge in [-0.05, 0) is 26.3 Å². The molecule has 1 saturated carbocycles. The van der Waals surface area contributed by atoms with Crippen LogP contribution in [0.4, 0.5) is 23.2 Å². The second-order valence-electron chi connectivity index (χ2n) is 7.91. The van der Waals surface area contributed by atoms with Crippen LogP contribution >= 0.6 is 0 Å². The summed E-state index contributed by atoms with van der Waals surface area (Å²) >= 11 is 0. The molecule has 0 amide bonds. The predicted octanol–water partition coefficient (Wildman–Crippen LogP) is 1.78. The summed E-state index contributed by atoms with van der Waals surface area (Å²) in [7, 11) is 1.26. The quantitative estimate of drug-likeness (QED) is 0.679. The number of fused-ring (bicyclic) bond motifs is 1. The van der Waals surface area contributed by atoms with E-state index in [2.05, 4.69) is 9.72 Å². The van der Waals surface area contributed by atoms with E-state index >= 15 is 4.39 Å². The molecule has 4 rings (SSSR count). The van der Waals surface area contributed by atoms with Crippen molar-refractivity contribution in [2.45, 2.75) is 38.3 Å². The van der Waals surface area contributed by atoms with Gasteiger partial charge in [0.25, 0.3) is 5.56 Å². The van der Waals surface area contributed by atoms with E-state index in [0.29, 0.717) is 12.8 Å². The molecule has 170 valence electrons. The lowest BCUT2D eigenvalue weighted by atomic mass is 10.1. The van der Waals surface area contributed by atoms with E-state index in [9.17, 15) is 22.8 Å². The van der Waals surface area contributed by atoms with E-state index in [1.165, 1.54) is 23.5 Å². The maximum absolute atomic E-state index is 15.5. The lowest BCUT2D eigenvalue weighted by Gasteiger charge is -2.25. The minimum Gasteiger partial charge on any atom is -0.492 e. The Kier molecular flexibility index (Phi) is 5.24. The molecule has 31 heavy (non-hydrogen) atoms. The van der Waals surface area contributed by atoms with E-state index in [0.717, 1.165) is 0 Å². The smallest absolute Gasteiger partial charge is 0.492 e. The second-order valence-corrected chi connectivity index (χ2v) is 7.91. The van der Waals surface area contributed by atoms with Crippen molar-refractivity contribution in [3.05, 3.63) is 32.2 Å². The van der Waals surface area contributed by atoms with Crippen LogP contribution in [0.1, 0.15) is 24.4 Å². The lowest BCUT2D eigenvalue weighted by Crippen LogP contribution is -2.33. The van der Waals surface area contributed by atoms with E-state index in [1.807, 2.05) is 0 Å². The normalized spacial score (nSPS) is 21.8. The summed E-state index contributed by atoms with van der Waals surface area (Å²) < 4.78 is 65.0. The van der Waals surface area contributed by atoms with Crippen molar-refractivity contribution in [1.29, 1.82) is 0 Å². The number of anilines is 1. The number of benzene rings is 1. The summed E-state index contributed by atoms with van der Waals surface area (Å²) in [5.74, 6) is -1.58. The molecule has 0 radical (unpaired) electrons. The Morgan fingerprint density at radius 1 is 1.23 bits per heavy atom. The number of aromatic amines is 1. The number of nitrogens with zero attached hydrogens (tertiary/aromatic N) is 2. The van der Waals surface area contributed by atoms with Crippen LogP contribution in [0.15, 0.2) is 9.59 Å². The Hall–Kier alpha value is -2.60. The molecule has 2 atom stereocenters. The van der Waals surface area contributed by atoms with Gasteiger partial charge >= 0.3 is 12.1 Å². The zero-order valence-corrected chi connectivity index (χ0v) is 16.9. The number of ether oxygens (including phenoxy) is 2. The molecule has 1 aliphatic carbocycles. The second kappa shape index (κ2) is 7.52. The molecule has 1 aromatic heterocycles. The third-order valence-electron chi connectivity index (χ3n) is 5.89. The zero-order valence-electron chi connectivity index (χ0n) is 16.9. The van der Waals surface area contributed by atoms with Crippen LogP contribution in [0.5, 0.6) is 5.75 Å². The van der Waals surface area contributed by atoms with Crippen molar-refractivity contribution >= 4 is 16.6 Å². The highest BCUT2D eigenvalue weighted by Crippen LogP contribution is 2.45. The third-order valence-corrected chi connectivity index (χ3v) is 5.89. The number of methoxy groups -OCH3 is 1. The number of halogens is 4. The van der Waals surface area contributed by atoms with Gasteiger partial charge in [0.15, 0.2) is 11.6 Å². The van der Waals surface area contributed by atoms with Gasteiger partial charge in [-0.15, -0.1) is 13.2 Å². The van der Waals surface area contributed by atoms with Gasteiger partial charge in [-0.1, -0.05) is 0 Å². The molecule has 1 aromatic carbocycles. The average molecular weight is 446 g/mol. The van der Waals surface area contributed by atoms with Crippen molar-refractivity contribution in [3.8, 4) is 5.75 Å². The number of aryl methyl sites for hydroxylation is 1. The molecule has 2 aliphatic rings. The van der Waals surface area contributed by atoms with Crippen LogP contribution in [-0.2, 0) is 4.74 Å². The molecule has 2 fully saturated rings. The van der Waals surface area contributed by atoms with Gasteiger partial charge in [-0.3, -0.25) is 19.1 Å². The van der Waals surface area contributed by atoms with Crippen LogP contribution in [0.2, 0.25) is 0 Å². The molecule has 2 heterocycles. The number of alkyl halides is 3. The summed E-state index contributed by atoms with van der Waals surface area (Å²) in [5, 5.41) is -0.0257. The van der Waals surface area contributed by atoms with Gasteiger partial charge in [0.05, 0.1) is 18.6 Å². The summed E-state index contributed by atoms with van der Waals surface area (Å²) in [6.07, 6.45) is -4.75. The molecule has 8 nitrogen and oxygen atoms in total. The number of rotatable bonds is 5. The molecule has 12 heteroatoms. The zero-order chi connectivity index (χ0) is 22.7. The number of nitrogens with two attached hydrogens (primary N) is 1. The van der Waals surface area contributed by atoms with Crippen molar-refractivity contribution < 1.29 is 27.0 Å². The third kappa shape index (κ3) is 3.67. The summed E-state index contributed by atoms with van der Waals surface area (Å²) in [4.78, 5) is 28.6. The van der Waals surface area contributed by atoms with E-state index in [4.69, 9.17) is 10.5 Å². The average Bonchev–Trinajstić information content (AvgIpc) is 3.43. The standard InChI is InChI=1S/C19H22F4N4O4/c1-8-12-14(27(10-3-4-10)18(29)25-17(12)28)16(30-2)15(13(8)20)26-6-9(5-24)11(7-26)31-19(21,22)23/h9-11H,3-7,24H2,1-2H3,(H,25,28,29). The molecule has 2 aromatic rings. The Bertz CT molecular complexity index is 1140. The molecule has 0 spiro atoms. The maximum Gasteiger partial charge on any atom is 0.522 e. The van der Waals surface area contributed by atoms with Crippen LogP contribution in [0.3, 0.4) is 0 Å². The van der Waals surface area contributed by atoms with Gasteiger partial charge < -0.3 is 15.4 Å². The summed E-state index contributed by atoms with van der Waals surface area (Å²) in [6.45, 7) is 1.00. The summed E-state index contributed by atoms with van der Waals surface area (Å²) in [5.41, 5.74) is 4.24. The monoisotopic (exact) mass is 446 g/mol. The number of aromatic nitrogens is 2. The fourth-order valence-electron chi connectivity index (χ4n) is 4.33. The van der Waals surface area contributed by atoms with Crippen molar-refractivity contribution in [3.63, 3.8) is 0 Å². The highest BCUT2D eigenvalue weighted by atomic mass is 19.4. The van der Waals surface area contributed by atoms with Gasteiger partial charge in [-0.25, -0.2) is 9.18 Å².